The minimum Gasteiger partial charge on any atom is -0.451 e. The Bertz CT molecular complexity index is 761. The summed E-state index contributed by atoms with van der Waals surface area (Å²) in [5, 5.41) is 0.536. The van der Waals surface area contributed by atoms with Crippen molar-refractivity contribution in [2.45, 2.75) is 13.0 Å². The average molecular weight is 336 g/mol. The van der Waals surface area contributed by atoms with E-state index in [1.54, 1.807) is 11.9 Å². The molecule has 0 aliphatic carbocycles. The zero-order chi connectivity index (χ0) is 16.6. The number of thioether (sulfide) groups is 1. The number of furan rings is 1. The number of benzene rings is 1. The van der Waals surface area contributed by atoms with Crippen molar-refractivity contribution < 1.29 is 18.4 Å². The third-order valence-corrected chi connectivity index (χ3v) is 4.98. The normalized spacial score (nSPS) is 17.7. The van der Waals surface area contributed by atoms with Crippen LogP contribution in [-0.4, -0.2) is 52.9 Å². The van der Waals surface area contributed by atoms with Crippen LogP contribution in [0.3, 0.4) is 0 Å². The first-order valence-electron chi connectivity index (χ1n) is 7.34. The fourth-order valence-corrected chi connectivity index (χ4v) is 3.66. The first-order valence-corrected chi connectivity index (χ1v) is 8.49. The number of likely N-dealkylation sites (N-methyl/N-ethyl adjacent to an activating group) is 1. The maximum Gasteiger partial charge on any atom is 0.291 e. The maximum atomic E-state index is 13.3. The van der Waals surface area contributed by atoms with E-state index in [0.29, 0.717) is 29.1 Å². The maximum absolute atomic E-state index is 13.3. The fourth-order valence-electron chi connectivity index (χ4n) is 2.52. The van der Waals surface area contributed by atoms with E-state index in [0.717, 1.165) is 0 Å². The number of fused-ring (bicyclic) bond motifs is 1. The molecule has 2 aromatic rings. The van der Waals surface area contributed by atoms with E-state index in [9.17, 15) is 14.0 Å². The molecule has 1 aromatic heterocycles. The van der Waals surface area contributed by atoms with Crippen molar-refractivity contribution in [3.05, 3.63) is 35.8 Å². The van der Waals surface area contributed by atoms with Crippen molar-refractivity contribution >= 4 is 34.5 Å². The zero-order valence-corrected chi connectivity index (χ0v) is 13.7. The summed E-state index contributed by atoms with van der Waals surface area (Å²) in [6.45, 7) is 2.48. The van der Waals surface area contributed by atoms with Gasteiger partial charge in [-0.1, -0.05) is 0 Å². The third-order valence-electron chi connectivity index (χ3n) is 3.97. The van der Waals surface area contributed by atoms with Crippen molar-refractivity contribution in [3.8, 4) is 0 Å². The molecular weight excluding hydrogens is 319 g/mol. The van der Waals surface area contributed by atoms with Gasteiger partial charge in [0.15, 0.2) is 5.76 Å². The molecule has 0 spiro atoms. The molecule has 3 rings (SSSR count). The Kier molecular flexibility index (Phi) is 4.30. The van der Waals surface area contributed by atoms with Gasteiger partial charge in [-0.05, 0) is 31.2 Å². The Morgan fingerprint density at radius 3 is 2.96 bits per heavy atom. The Hall–Kier alpha value is -2.02. The number of rotatable bonds is 3. The summed E-state index contributed by atoms with van der Waals surface area (Å²) >= 11 is 1.53. The monoisotopic (exact) mass is 336 g/mol. The summed E-state index contributed by atoms with van der Waals surface area (Å²) in [5.41, 5.74) is 0.454. The molecule has 5 nitrogen and oxygen atoms in total. The molecule has 0 bridgehead atoms. The van der Waals surface area contributed by atoms with E-state index >= 15 is 0 Å². The van der Waals surface area contributed by atoms with Crippen LogP contribution in [0.15, 0.2) is 28.7 Å². The molecular formula is C16H17FN2O3S. The molecule has 1 aliphatic heterocycles. The molecule has 1 fully saturated rings. The van der Waals surface area contributed by atoms with Crippen LogP contribution in [0.2, 0.25) is 0 Å². The number of halogens is 1. The number of hydrogen-bond donors (Lipinski definition) is 0. The minimum absolute atomic E-state index is 0.0759. The highest BCUT2D eigenvalue weighted by Crippen LogP contribution is 2.27. The number of hydrogen-bond acceptors (Lipinski definition) is 4. The van der Waals surface area contributed by atoms with Gasteiger partial charge in [-0.2, -0.15) is 0 Å². The van der Waals surface area contributed by atoms with Gasteiger partial charge in [0.2, 0.25) is 5.91 Å². The van der Waals surface area contributed by atoms with Gasteiger partial charge in [-0.25, -0.2) is 4.39 Å². The second-order valence-electron chi connectivity index (χ2n) is 5.44. The molecule has 23 heavy (non-hydrogen) atoms. The van der Waals surface area contributed by atoms with E-state index < -0.39 is 6.04 Å². The first kappa shape index (κ1) is 15.9. The van der Waals surface area contributed by atoms with Crippen LogP contribution in [0.4, 0.5) is 4.39 Å². The lowest BCUT2D eigenvalue weighted by atomic mass is 10.2. The summed E-state index contributed by atoms with van der Waals surface area (Å²) in [7, 11) is 1.72. The number of carbonyl (C=O) groups excluding carboxylic acids is 2. The van der Waals surface area contributed by atoms with Crippen LogP contribution in [0, 0.1) is 5.82 Å². The zero-order valence-electron chi connectivity index (χ0n) is 12.9. The van der Waals surface area contributed by atoms with Gasteiger partial charge in [-0.3, -0.25) is 9.59 Å². The number of amides is 2. The van der Waals surface area contributed by atoms with E-state index in [1.807, 2.05) is 6.92 Å². The SMILES string of the molecule is CCN(C)C(=O)[C@H]1CSCN1C(=O)c1cc2cc(F)ccc2o1. The van der Waals surface area contributed by atoms with Gasteiger partial charge in [0, 0.05) is 24.7 Å². The van der Waals surface area contributed by atoms with E-state index in [2.05, 4.69) is 0 Å². The predicted octanol–water partition coefficient (Wildman–Crippen LogP) is 2.57. The smallest absolute Gasteiger partial charge is 0.291 e. The Morgan fingerprint density at radius 2 is 2.22 bits per heavy atom. The van der Waals surface area contributed by atoms with E-state index in [1.165, 1.54) is 40.9 Å². The lowest BCUT2D eigenvalue weighted by Crippen LogP contribution is -2.47. The molecule has 0 unspecified atom stereocenters. The van der Waals surface area contributed by atoms with Crippen LogP contribution in [0.1, 0.15) is 17.5 Å². The highest BCUT2D eigenvalue weighted by molar-refractivity contribution is 7.99. The lowest BCUT2D eigenvalue weighted by Gasteiger charge is -2.26. The standard InChI is InChI=1S/C16H17FN2O3S/c1-3-18(2)15(20)12-8-23-9-19(12)16(21)14-7-10-6-11(17)4-5-13(10)22-14/h4-7,12H,3,8-9H2,1-2H3/t12-/m1/s1. The molecule has 1 atom stereocenters. The molecule has 0 radical (unpaired) electrons. The Morgan fingerprint density at radius 1 is 1.43 bits per heavy atom. The Labute approximate surface area is 137 Å². The van der Waals surface area contributed by atoms with Crippen LogP contribution < -0.4 is 0 Å². The topological polar surface area (TPSA) is 53.8 Å². The van der Waals surface area contributed by atoms with Crippen LogP contribution in [0.25, 0.3) is 11.0 Å². The average Bonchev–Trinajstić information content (AvgIpc) is 3.18. The van der Waals surface area contributed by atoms with E-state index in [-0.39, 0.29) is 23.4 Å². The summed E-state index contributed by atoms with van der Waals surface area (Å²) in [4.78, 5) is 28.2. The summed E-state index contributed by atoms with van der Waals surface area (Å²) < 4.78 is 18.8. The second kappa shape index (κ2) is 6.23. The fraction of sp³-hybridized carbons (Fsp3) is 0.375. The van der Waals surface area contributed by atoms with Gasteiger partial charge >= 0.3 is 0 Å². The van der Waals surface area contributed by atoms with Crippen LogP contribution in [-0.2, 0) is 4.79 Å². The van der Waals surface area contributed by atoms with Gasteiger partial charge < -0.3 is 14.2 Å². The van der Waals surface area contributed by atoms with Gasteiger partial charge in [0.05, 0.1) is 5.88 Å². The predicted molar refractivity (Wildman–Crippen MR) is 86.8 cm³/mol. The van der Waals surface area contributed by atoms with Crippen molar-refractivity contribution in [1.29, 1.82) is 0 Å². The summed E-state index contributed by atoms with van der Waals surface area (Å²) in [6, 6.07) is 5.14. The Balaban J connectivity index is 1.87. The molecule has 1 saturated heterocycles. The molecule has 7 heteroatoms. The highest BCUT2D eigenvalue weighted by Gasteiger charge is 2.37. The summed E-state index contributed by atoms with van der Waals surface area (Å²) in [5.74, 6) is 0.348. The number of carbonyl (C=O) groups is 2. The molecule has 0 saturated carbocycles. The molecule has 2 amide bonds. The van der Waals surface area contributed by atoms with Crippen LogP contribution >= 0.6 is 11.8 Å². The molecule has 2 heterocycles. The quantitative estimate of drug-likeness (QED) is 0.864. The van der Waals surface area contributed by atoms with E-state index in [4.69, 9.17) is 4.42 Å². The molecule has 122 valence electrons. The van der Waals surface area contributed by atoms with Crippen LogP contribution in [0.5, 0.6) is 0 Å². The van der Waals surface area contributed by atoms with Crippen molar-refractivity contribution in [3.63, 3.8) is 0 Å². The molecule has 1 aliphatic rings. The van der Waals surface area contributed by atoms with Crippen molar-refractivity contribution in [1.82, 2.24) is 9.80 Å². The van der Waals surface area contributed by atoms with Gasteiger partial charge in [0.25, 0.3) is 5.91 Å². The first-order chi connectivity index (χ1) is 11.0. The molecule has 0 N–H and O–H groups in total. The lowest BCUT2D eigenvalue weighted by molar-refractivity contribution is -0.133. The van der Waals surface area contributed by atoms with Crippen molar-refractivity contribution in [2.24, 2.45) is 0 Å². The van der Waals surface area contributed by atoms with Gasteiger partial charge in [-0.15, -0.1) is 11.8 Å². The largest absolute Gasteiger partial charge is 0.451 e. The number of nitrogens with zero attached hydrogens (tertiary/aromatic N) is 2. The molecule has 1 aromatic carbocycles. The highest BCUT2D eigenvalue weighted by atomic mass is 32.2. The van der Waals surface area contributed by atoms with Crippen molar-refractivity contribution in [2.75, 3.05) is 25.2 Å². The van der Waals surface area contributed by atoms with Gasteiger partial charge in [0.1, 0.15) is 17.4 Å². The second-order valence-corrected chi connectivity index (χ2v) is 6.44. The summed E-state index contributed by atoms with van der Waals surface area (Å²) in [6.07, 6.45) is 0. The third kappa shape index (κ3) is 2.93. The minimum atomic E-state index is -0.484.